The first kappa shape index (κ1) is 13.2. The Balaban J connectivity index is 2.12. The molecule has 1 atom stereocenters. The average Bonchev–Trinajstić information content (AvgIpc) is 2.82. The van der Waals surface area contributed by atoms with Crippen molar-refractivity contribution in [2.45, 2.75) is 17.4 Å². The third kappa shape index (κ3) is 3.15. The lowest BCUT2D eigenvalue weighted by Gasteiger charge is -2.16. The number of hydrogen-bond donors (Lipinski definition) is 1. The van der Waals surface area contributed by atoms with E-state index < -0.39 is 0 Å². The van der Waals surface area contributed by atoms with Crippen molar-refractivity contribution in [3.63, 3.8) is 0 Å². The fraction of sp³-hybridized carbons (Fsp3) is 0.357. The molecule has 0 fully saturated rings. The monoisotopic (exact) mass is 261 g/mol. The molecule has 1 heterocycles. The van der Waals surface area contributed by atoms with E-state index in [1.807, 2.05) is 25.0 Å². The number of nitrogens with one attached hydrogen (secondary N) is 1. The van der Waals surface area contributed by atoms with Crippen LogP contribution in [-0.4, -0.2) is 23.1 Å². The van der Waals surface area contributed by atoms with E-state index in [9.17, 15) is 0 Å². The molecule has 0 saturated heterocycles. The van der Waals surface area contributed by atoms with Gasteiger partial charge in [-0.15, -0.1) is 11.8 Å². The molecule has 96 valence electrons. The summed E-state index contributed by atoms with van der Waals surface area (Å²) in [5, 5.41) is 7.58. The smallest absolute Gasteiger partial charge is 0.0522 e. The molecule has 2 aromatic rings. The molecule has 1 unspecified atom stereocenters. The number of likely N-dealkylation sites (N-methyl/N-ethyl adjacent to an activating group) is 1. The molecule has 0 spiro atoms. The van der Waals surface area contributed by atoms with Gasteiger partial charge in [-0.25, -0.2) is 0 Å². The lowest BCUT2D eigenvalue weighted by atomic mass is 10.0. The van der Waals surface area contributed by atoms with Crippen LogP contribution in [0.25, 0.3) is 0 Å². The second kappa shape index (κ2) is 6.07. The van der Waals surface area contributed by atoms with Crippen molar-refractivity contribution < 1.29 is 0 Å². The predicted molar refractivity (Wildman–Crippen MR) is 76.9 cm³/mol. The summed E-state index contributed by atoms with van der Waals surface area (Å²) in [5.74, 6) is 0. The highest BCUT2D eigenvalue weighted by Gasteiger charge is 2.11. The largest absolute Gasteiger partial charge is 0.313 e. The molecule has 1 aromatic carbocycles. The van der Waals surface area contributed by atoms with Gasteiger partial charge in [-0.3, -0.25) is 4.68 Å². The molecule has 0 amide bonds. The van der Waals surface area contributed by atoms with Crippen LogP contribution in [0.4, 0.5) is 0 Å². The molecule has 0 aliphatic carbocycles. The molecule has 0 aliphatic rings. The molecule has 1 aromatic heterocycles. The fourth-order valence-electron chi connectivity index (χ4n) is 2.04. The van der Waals surface area contributed by atoms with Crippen molar-refractivity contribution in [2.75, 3.05) is 13.3 Å². The van der Waals surface area contributed by atoms with E-state index in [4.69, 9.17) is 0 Å². The minimum Gasteiger partial charge on any atom is -0.313 e. The number of aromatic nitrogens is 2. The number of rotatable bonds is 5. The Morgan fingerprint density at radius 2 is 2.06 bits per heavy atom. The zero-order valence-corrected chi connectivity index (χ0v) is 11.9. The SMILES string of the molecule is CNC(Cc1cnn(C)c1)c1ccc(SC)cc1. The molecule has 0 bridgehead atoms. The molecule has 2 rings (SSSR count). The normalized spacial score (nSPS) is 12.6. The number of benzene rings is 1. The van der Waals surface area contributed by atoms with E-state index in [2.05, 4.69) is 47.1 Å². The van der Waals surface area contributed by atoms with Gasteiger partial charge >= 0.3 is 0 Å². The van der Waals surface area contributed by atoms with Crippen LogP contribution in [-0.2, 0) is 13.5 Å². The molecular weight excluding hydrogens is 242 g/mol. The van der Waals surface area contributed by atoms with E-state index in [1.54, 1.807) is 11.8 Å². The quantitative estimate of drug-likeness (QED) is 0.839. The van der Waals surface area contributed by atoms with Gasteiger partial charge in [0.2, 0.25) is 0 Å². The van der Waals surface area contributed by atoms with Gasteiger partial charge < -0.3 is 5.32 Å². The Labute approximate surface area is 113 Å². The Morgan fingerprint density at radius 3 is 2.56 bits per heavy atom. The lowest BCUT2D eigenvalue weighted by Crippen LogP contribution is -2.18. The van der Waals surface area contributed by atoms with Crippen molar-refractivity contribution >= 4 is 11.8 Å². The zero-order chi connectivity index (χ0) is 13.0. The van der Waals surface area contributed by atoms with Gasteiger partial charge in [0, 0.05) is 24.2 Å². The standard InChI is InChI=1S/C14H19N3S/c1-15-14(8-11-9-16-17(2)10-11)12-4-6-13(18-3)7-5-12/h4-7,9-10,14-15H,8H2,1-3H3. The summed E-state index contributed by atoms with van der Waals surface area (Å²) in [6.07, 6.45) is 7.06. The van der Waals surface area contributed by atoms with Crippen LogP contribution in [0.5, 0.6) is 0 Å². The maximum Gasteiger partial charge on any atom is 0.0522 e. The van der Waals surface area contributed by atoms with Gasteiger partial charge in [0.05, 0.1) is 6.20 Å². The second-order valence-electron chi connectivity index (χ2n) is 4.34. The van der Waals surface area contributed by atoms with Crippen LogP contribution in [0, 0.1) is 0 Å². The van der Waals surface area contributed by atoms with E-state index in [0.29, 0.717) is 6.04 Å². The third-order valence-electron chi connectivity index (χ3n) is 3.06. The van der Waals surface area contributed by atoms with Gasteiger partial charge in [-0.05, 0) is 43.0 Å². The molecule has 4 heteroatoms. The highest BCUT2D eigenvalue weighted by Crippen LogP contribution is 2.21. The van der Waals surface area contributed by atoms with Crippen LogP contribution in [0.15, 0.2) is 41.6 Å². The Morgan fingerprint density at radius 1 is 1.33 bits per heavy atom. The molecule has 3 nitrogen and oxygen atoms in total. The molecule has 0 aliphatic heterocycles. The van der Waals surface area contributed by atoms with Gasteiger partial charge in [0.1, 0.15) is 0 Å². The summed E-state index contributed by atoms with van der Waals surface area (Å²) < 4.78 is 1.85. The topological polar surface area (TPSA) is 29.9 Å². The van der Waals surface area contributed by atoms with E-state index in [-0.39, 0.29) is 0 Å². The van der Waals surface area contributed by atoms with E-state index in [0.717, 1.165) is 6.42 Å². The lowest BCUT2D eigenvalue weighted by molar-refractivity contribution is 0.591. The summed E-state index contributed by atoms with van der Waals surface area (Å²) in [6.45, 7) is 0. The van der Waals surface area contributed by atoms with Crippen LogP contribution in [0.3, 0.4) is 0 Å². The van der Waals surface area contributed by atoms with E-state index >= 15 is 0 Å². The third-order valence-corrected chi connectivity index (χ3v) is 3.81. The summed E-state index contributed by atoms with van der Waals surface area (Å²) >= 11 is 1.77. The molecule has 1 N–H and O–H groups in total. The zero-order valence-electron chi connectivity index (χ0n) is 11.1. The molecule has 0 radical (unpaired) electrons. The minimum atomic E-state index is 0.338. The Hall–Kier alpha value is -1.26. The van der Waals surface area contributed by atoms with Crippen molar-refractivity contribution in [1.82, 2.24) is 15.1 Å². The van der Waals surface area contributed by atoms with E-state index in [1.165, 1.54) is 16.0 Å². The summed E-state index contributed by atoms with van der Waals surface area (Å²) in [5.41, 5.74) is 2.57. The molecular formula is C14H19N3S. The highest BCUT2D eigenvalue weighted by molar-refractivity contribution is 7.98. The predicted octanol–water partition coefficient (Wildman–Crippen LogP) is 2.65. The first-order chi connectivity index (χ1) is 8.72. The average molecular weight is 261 g/mol. The summed E-state index contributed by atoms with van der Waals surface area (Å²) in [4.78, 5) is 1.30. The first-order valence-electron chi connectivity index (χ1n) is 6.01. The fourth-order valence-corrected chi connectivity index (χ4v) is 2.44. The first-order valence-corrected chi connectivity index (χ1v) is 7.24. The molecule has 0 saturated carbocycles. The number of aryl methyl sites for hydroxylation is 1. The highest BCUT2D eigenvalue weighted by atomic mass is 32.2. The van der Waals surface area contributed by atoms with Crippen molar-refractivity contribution in [3.8, 4) is 0 Å². The van der Waals surface area contributed by atoms with Crippen LogP contribution >= 0.6 is 11.8 Å². The Bertz CT molecular complexity index is 490. The maximum atomic E-state index is 4.21. The Kier molecular flexibility index (Phi) is 4.44. The van der Waals surface area contributed by atoms with Gasteiger partial charge in [-0.1, -0.05) is 12.1 Å². The van der Waals surface area contributed by atoms with Gasteiger partial charge in [0.15, 0.2) is 0 Å². The number of hydrogen-bond acceptors (Lipinski definition) is 3. The van der Waals surface area contributed by atoms with Crippen molar-refractivity contribution in [1.29, 1.82) is 0 Å². The molecule has 18 heavy (non-hydrogen) atoms. The second-order valence-corrected chi connectivity index (χ2v) is 5.22. The maximum absolute atomic E-state index is 4.21. The number of nitrogens with zero attached hydrogens (tertiary/aromatic N) is 2. The minimum absolute atomic E-state index is 0.338. The van der Waals surface area contributed by atoms with Crippen LogP contribution in [0.2, 0.25) is 0 Å². The van der Waals surface area contributed by atoms with Crippen molar-refractivity contribution in [3.05, 3.63) is 47.8 Å². The number of thioether (sulfide) groups is 1. The van der Waals surface area contributed by atoms with Crippen LogP contribution < -0.4 is 5.32 Å². The van der Waals surface area contributed by atoms with Crippen LogP contribution in [0.1, 0.15) is 17.2 Å². The van der Waals surface area contributed by atoms with Gasteiger partial charge in [-0.2, -0.15) is 5.10 Å². The van der Waals surface area contributed by atoms with Crippen molar-refractivity contribution in [2.24, 2.45) is 7.05 Å². The summed E-state index contributed by atoms with van der Waals surface area (Å²) in [6, 6.07) is 9.08. The van der Waals surface area contributed by atoms with Gasteiger partial charge in [0.25, 0.3) is 0 Å². The summed E-state index contributed by atoms with van der Waals surface area (Å²) in [7, 11) is 3.95.